The molecule has 1 saturated carbocycles. The van der Waals surface area contributed by atoms with E-state index in [4.69, 9.17) is 4.52 Å². The number of hydrogen-bond acceptors (Lipinski definition) is 7. The lowest BCUT2D eigenvalue weighted by molar-refractivity contribution is 0.391. The van der Waals surface area contributed by atoms with Crippen LogP contribution in [0.2, 0.25) is 0 Å². The summed E-state index contributed by atoms with van der Waals surface area (Å²) in [6.45, 7) is 0. The quantitative estimate of drug-likeness (QED) is 0.357. The van der Waals surface area contributed by atoms with Gasteiger partial charge < -0.3 is 4.52 Å². The number of aromatic nitrogens is 5. The number of halogens is 1. The summed E-state index contributed by atoms with van der Waals surface area (Å²) in [6, 6.07) is 12.5. The van der Waals surface area contributed by atoms with Crippen molar-refractivity contribution in [1.29, 1.82) is 0 Å². The zero-order chi connectivity index (χ0) is 18.2. The lowest BCUT2D eigenvalue weighted by Gasteiger charge is -2.06. The van der Waals surface area contributed by atoms with Gasteiger partial charge in [0.2, 0.25) is 11.7 Å². The summed E-state index contributed by atoms with van der Waals surface area (Å²) in [6.07, 6.45) is 2.36. The number of rotatable bonds is 6. The molecule has 0 aliphatic heterocycles. The Morgan fingerprint density at radius 1 is 1.22 bits per heavy atom. The normalized spacial score (nSPS) is 14.0. The van der Waals surface area contributed by atoms with Crippen molar-refractivity contribution in [2.75, 3.05) is 0 Å². The fraction of sp³-hybridized carbons (Fsp3) is 0.222. The van der Waals surface area contributed by atoms with E-state index >= 15 is 0 Å². The Morgan fingerprint density at radius 2 is 2.15 bits per heavy atom. The van der Waals surface area contributed by atoms with Crippen LogP contribution in [0.3, 0.4) is 0 Å². The van der Waals surface area contributed by atoms with E-state index in [1.807, 2.05) is 30.3 Å². The molecule has 1 aliphatic rings. The third-order valence-electron chi connectivity index (χ3n) is 4.19. The molecule has 0 amide bonds. The van der Waals surface area contributed by atoms with Gasteiger partial charge in [0.25, 0.3) is 0 Å². The van der Waals surface area contributed by atoms with Crippen LogP contribution in [-0.4, -0.2) is 24.9 Å². The molecule has 1 aromatic carbocycles. The van der Waals surface area contributed by atoms with E-state index < -0.39 is 0 Å². The Bertz CT molecular complexity index is 1070. The second kappa shape index (κ2) is 7.21. The average molecular weight is 460 g/mol. The van der Waals surface area contributed by atoms with Gasteiger partial charge in [0.15, 0.2) is 11.0 Å². The fourth-order valence-electron chi connectivity index (χ4n) is 2.80. The lowest BCUT2D eigenvalue weighted by atomic mass is 10.2. The summed E-state index contributed by atoms with van der Waals surface area (Å²) in [5.41, 5.74) is 0.922. The van der Waals surface area contributed by atoms with E-state index in [9.17, 15) is 0 Å². The summed E-state index contributed by atoms with van der Waals surface area (Å²) in [5, 5.41) is 15.9. The van der Waals surface area contributed by atoms with Crippen molar-refractivity contribution in [3.8, 4) is 22.1 Å². The second-order valence-corrected chi connectivity index (χ2v) is 9.00. The molecule has 9 heteroatoms. The SMILES string of the molecule is Brc1cccc(-c2noc(CSc3nnc(-c4cccs4)n3C3CC3)n2)c1. The van der Waals surface area contributed by atoms with Crippen molar-refractivity contribution >= 4 is 39.0 Å². The molecular formula is C18H14BrN5OS2. The van der Waals surface area contributed by atoms with E-state index in [-0.39, 0.29) is 0 Å². The summed E-state index contributed by atoms with van der Waals surface area (Å²) >= 11 is 6.74. The van der Waals surface area contributed by atoms with Crippen LogP contribution in [0.1, 0.15) is 24.8 Å². The molecule has 4 aromatic rings. The van der Waals surface area contributed by atoms with E-state index in [1.54, 1.807) is 23.1 Å². The molecule has 5 rings (SSSR count). The van der Waals surface area contributed by atoms with E-state index in [0.717, 1.165) is 25.9 Å². The van der Waals surface area contributed by atoms with Gasteiger partial charge in [-0.05, 0) is 36.4 Å². The molecule has 0 bridgehead atoms. The molecule has 0 unspecified atom stereocenters. The highest BCUT2D eigenvalue weighted by molar-refractivity contribution is 9.10. The Balaban J connectivity index is 1.35. The predicted molar refractivity (Wildman–Crippen MR) is 109 cm³/mol. The first-order chi connectivity index (χ1) is 13.3. The fourth-order valence-corrected chi connectivity index (χ4v) is 4.74. The number of thiophene rings is 1. The number of hydrogen-bond donors (Lipinski definition) is 0. The van der Waals surface area contributed by atoms with Crippen LogP contribution in [0.5, 0.6) is 0 Å². The van der Waals surface area contributed by atoms with Gasteiger partial charge in [0, 0.05) is 16.1 Å². The van der Waals surface area contributed by atoms with Gasteiger partial charge >= 0.3 is 0 Å². The topological polar surface area (TPSA) is 69.6 Å². The molecular weight excluding hydrogens is 446 g/mol. The minimum Gasteiger partial charge on any atom is -0.338 e. The van der Waals surface area contributed by atoms with Crippen LogP contribution < -0.4 is 0 Å². The standard InChI is InChI=1S/C18H14BrN5OS2/c19-12-4-1-3-11(9-12)16-20-15(25-23-16)10-27-18-22-21-17(14-5-2-8-26-14)24(18)13-6-7-13/h1-5,8-9,13H,6-7,10H2. The first kappa shape index (κ1) is 17.2. The van der Waals surface area contributed by atoms with E-state index in [1.165, 1.54) is 12.8 Å². The maximum atomic E-state index is 5.42. The highest BCUT2D eigenvalue weighted by Gasteiger charge is 2.30. The smallest absolute Gasteiger partial charge is 0.237 e. The molecule has 1 fully saturated rings. The van der Waals surface area contributed by atoms with Gasteiger partial charge in [-0.25, -0.2) is 0 Å². The van der Waals surface area contributed by atoms with Crippen molar-refractivity contribution in [2.45, 2.75) is 29.8 Å². The number of thioether (sulfide) groups is 1. The molecule has 0 saturated heterocycles. The van der Waals surface area contributed by atoms with E-state index in [0.29, 0.717) is 23.5 Å². The number of benzene rings is 1. The highest BCUT2D eigenvalue weighted by Crippen LogP contribution is 2.42. The molecule has 0 radical (unpaired) electrons. The predicted octanol–water partition coefficient (Wildman–Crippen LogP) is 5.45. The van der Waals surface area contributed by atoms with Gasteiger partial charge in [-0.15, -0.1) is 21.5 Å². The highest BCUT2D eigenvalue weighted by atomic mass is 79.9. The van der Waals surface area contributed by atoms with Crippen molar-refractivity contribution in [1.82, 2.24) is 24.9 Å². The Morgan fingerprint density at radius 3 is 2.93 bits per heavy atom. The molecule has 1 aliphatic carbocycles. The monoisotopic (exact) mass is 459 g/mol. The summed E-state index contributed by atoms with van der Waals surface area (Å²) in [4.78, 5) is 5.66. The third-order valence-corrected chi connectivity index (χ3v) is 6.48. The Labute approximate surface area is 172 Å². The Hall–Kier alpha value is -1.97. The van der Waals surface area contributed by atoms with Gasteiger partial charge in [-0.2, -0.15) is 4.98 Å². The molecule has 0 atom stereocenters. The minimum atomic E-state index is 0.500. The molecule has 0 spiro atoms. The van der Waals surface area contributed by atoms with Crippen molar-refractivity contribution in [2.24, 2.45) is 0 Å². The molecule has 136 valence electrons. The van der Waals surface area contributed by atoms with Gasteiger partial charge in [0.1, 0.15) is 0 Å². The molecule has 3 aromatic heterocycles. The summed E-state index contributed by atoms with van der Waals surface area (Å²) in [7, 11) is 0. The molecule has 3 heterocycles. The average Bonchev–Trinajstić information content (AvgIpc) is 3.09. The second-order valence-electron chi connectivity index (χ2n) is 6.20. The first-order valence-electron chi connectivity index (χ1n) is 8.48. The van der Waals surface area contributed by atoms with Crippen LogP contribution in [0, 0.1) is 0 Å². The number of nitrogens with zero attached hydrogens (tertiary/aromatic N) is 5. The maximum absolute atomic E-state index is 5.42. The molecule has 6 nitrogen and oxygen atoms in total. The first-order valence-corrected chi connectivity index (χ1v) is 11.1. The van der Waals surface area contributed by atoms with Crippen LogP contribution in [0.4, 0.5) is 0 Å². The Kier molecular flexibility index (Phi) is 4.58. The van der Waals surface area contributed by atoms with Crippen molar-refractivity contribution in [3.63, 3.8) is 0 Å². The van der Waals surface area contributed by atoms with E-state index in [2.05, 4.69) is 52.3 Å². The maximum Gasteiger partial charge on any atom is 0.237 e. The van der Waals surface area contributed by atoms with Crippen LogP contribution >= 0.6 is 39.0 Å². The van der Waals surface area contributed by atoms with Gasteiger partial charge in [-0.1, -0.05) is 51.0 Å². The molecule has 0 N–H and O–H groups in total. The third kappa shape index (κ3) is 3.59. The van der Waals surface area contributed by atoms with Gasteiger partial charge in [-0.3, -0.25) is 4.57 Å². The lowest BCUT2D eigenvalue weighted by Crippen LogP contribution is -1.99. The summed E-state index contributed by atoms with van der Waals surface area (Å²) in [5.74, 6) is 2.69. The van der Waals surface area contributed by atoms with Gasteiger partial charge in [0.05, 0.1) is 10.6 Å². The van der Waals surface area contributed by atoms with Crippen LogP contribution in [0.15, 0.2) is 55.9 Å². The molecule has 27 heavy (non-hydrogen) atoms. The largest absolute Gasteiger partial charge is 0.338 e. The summed E-state index contributed by atoms with van der Waals surface area (Å²) < 4.78 is 8.66. The zero-order valence-electron chi connectivity index (χ0n) is 14.1. The van der Waals surface area contributed by atoms with Crippen LogP contribution in [-0.2, 0) is 5.75 Å². The van der Waals surface area contributed by atoms with Crippen LogP contribution in [0.25, 0.3) is 22.1 Å². The minimum absolute atomic E-state index is 0.500. The zero-order valence-corrected chi connectivity index (χ0v) is 17.3. The van der Waals surface area contributed by atoms with Crippen molar-refractivity contribution < 1.29 is 4.52 Å². The van der Waals surface area contributed by atoms with Crippen molar-refractivity contribution in [3.05, 3.63) is 52.1 Å².